The van der Waals surface area contributed by atoms with Gasteiger partial charge < -0.3 is 10.8 Å². The zero-order chi connectivity index (χ0) is 22.4. The molecule has 0 bridgehead atoms. The molecule has 2 aromatic heterocycles. The summed E-state index contributed by atoms with van der Waals surface area (Å²) in [7, 11) is 0. The lowest BCUT2D eigenvalue weighted by molar-refractivity contribution is 0.104. The summed E-state index contributed by atoms with van der Waals surface area (Å²) in [6.07, 6.45) is 5.11. The highest BCUT2D eigenvalue weighted by molar-refractivity contribution is 6.05. The molecule has 4 aromatic rings. The number of allylic oxidation sites excluding steroid dienone is 1. The van der Waals surface area contributed by atoms with Crippen molar-refractivity contribution in [2.24, 2.45) is 0 Å². The third-order valence-electron chi connectivity index (χ3n) is 5.90. The van der Waals surface area contributed by atoms with Gasteiger partial charge in [0.15, 0.2) is 11.4 Å². The summed E-state index contributed by atoms with van der Waals surface area (Å²) in [6.45, 7) is 3.62. The fraction of sp³-hybridized carbons (Fsp3) is 0.167. The molecule has 0 fully saturated rings. The number of ketones is 1. The van der Waals surface area contributed by atoms with Crippen LogP contribution in [0.2, 0.25) is 0 Å². The second-order valence-corrected chi connectivity index (χ2v) is 7.80. The molecule has 1 unspecified atom stereocenters. The number of phenolic OH excluding ortho intramolecular Hbond substituents is 1. The number of fused-ring (bicyclic) bond motifs is 2. The smallest absolute Gasteiger partial charge is 0.185 e. The number of nitrogens with zero attached hydrogens (tertiary/aromatic N) is 4. The molecule has 0 radical (unpaired) electrons. The van der Waals surface area contributed by atoms with Gasteiger partial charge in [0.05, 0.1) is 11.4 Å². The maximum Gasteiger partial charge on any atom is 0.185 e. The van der Waals surface area contributed by atoms with Crippen molar-refractivity contribution >= 4 is 22.6 Å². The number of aromatic nitrogens is 4. The molecule has 8 heteroatoms. The van der Waals surface area contributed by atoms with E-state index in [1.807, 2.05) is 18.2 Å². The molecule has 0 saturated heterocycles. The van der Waals surface area contributed by atoms with Gasteiger partial charge in [0.2, 0.25) is 0 Å². The third-order valence-corrected chi connectivity index (χ3v) is 5.90. The average Bonchev–Trinajstić information content (AvgIpc) is 3.18. The van der Waals surface area contributed by atoms with Crippen molar-refractivity contribution in [3.63, 3.8) is 0 Å². The Morgan fingerprint density at radius 1 is 1.28 bits per heavy atom. The number of anilines is 1. The van der Waals surface area contributed by atoms with Crippen molar-refractivity contribution in [1.29, 1.82) is 0 Å². The highest BCUT2D eigenvalue weighted by Crippen LogP contribution is 2.39. The molecule has 5 rings (SSSR count). The summed E-state index contributed by atoms with van der Waals surface area (Å²) in [5, 5.41) is 15.2. The first-order valence-electron chi connectivity index (χ1n) is 10.2. The van der Waals surface area contributed by atoms with Gasteiger partial charge in [0.25, 0.3) is 0 Å². The summed E-state index contributed by atoms with van der Waals surface area (Å²) < 4.78 is 15.8. The maximum absolute atomic E-state index is 14.0. The van der Waals surface area contributed by atoms with Crippen LogP contribution in [0.4, 0.5) is 10.2 Å². The average molecular weight is 429 g/mol. The second kappa shape index (κ2) is 7.56. The van der Waals surface area contributed by atoms with Crippen LogP contribution in [0.15, 0.2) is 55.4 Å². The number of rotatable bonds is 4. The van der Waals surface area contributed by atoms with E-state index in [-0.39, 0.29) is 23.4 Å². The first kappa shape index (κ1) is 19.9. The van der Waals surface area contributed by atoms with Gasteiger partial charge in [-0.15, -0.1) is 0 Å². The van der Waals surface area contributed by atoms with E-state index in [4.69, 9.17) is 10.8 Å². The third kappa shape index (κ3) is 3.11. The van der Waals surface area contributed by atoms with Crippen LogP contribution in [0.1, 0.15) is 40.4 Å². The Bertz CT molecular complexity index is 1370. The van der Waals surface area contributed by atoms with Crippen molar-refractivity contribution in [3.8, 4) is 17.0 Å². The number of aromatic hydroxyl groups is 1. The zero-order valence-electron chi connectivity index (χ0n) is 17.1. The Morgan fingerprint density at radius 3 is 2.91 bits per heavy atom. The van der Waals surface area contributed by atoms with E-state index >= 15 is 0 Å². The number of benzene rings is 2. The lowest BCUT2D eigenvalue weighted by Gasteiger charge is -2.27. The number of nitrogens with two attached hydrogens (primary N) is 1. The topological polar surface area (TPSA) is 107 Å². The van der Waals surface area contributed by atoms with Crippen LogP contribution in [-0.2, 0) is 6.42 Å². The number of carbonyl (C=O) groups is 1. The highest BCUT2D eigenvalue weighted by Gasteiger charge is 2.29. The molecule has 0 aliphatic heterocycles. The van der Waals surface area contributed by atoms with E-state index in [0.29, 0.717) is 27.9 Å². The van der Waals surface area contributed by atoms with E-state index in [0.717, 1.165) is 36.5 Å². The molecule has 32 heavy (non-hydrogen) atoms. The van der Waals surface area contributed by atoms with Crippen molar-refractivity contribution in [3.05, 3.63) is 77.9 Å². The van der Waals surface area contributed by atoms with E-state index in [1.165, 1.54) is 24.5 Å². The standard InChI is InChI=1S/C24H20FN5O2/c1-2-20(32)18-7-3-6-17-16(18)5-4-8-19(17)30-24-21(23(26)27-12-28-24)22(29-30)13-9-14(25)11-15(31)10-13/h2-3,6-7,9-12,19,31H,1,4-5,8H2,(H2,26,27,28). The Labute approximate surface area is 183 Å². The van der Waals surface area contributed by atoms with Crippen LogP contribution in [0.25, 0.3) is 22.3 Å². The van der Waals surface area contributed by atoms with E-state index in [1.54, 1.807) is 4.68 Å². The SMILES string of the molecule is C=CC(=O)c1cccc2c1CCCC2n1nc(-c2cc(O)cc(F)c2)c2c(N)ncnc21. The molecule has 0 saturated carbocycles. The van der Waals surface area contributed by atoms with Gasteiger partial charge in [-0.05, 0) is 48.6 Å². The molecule has 1 aliphatic rings. The Hall–Kier alpha value is -4.07. The number of carbonyl (C=O) groups excluding carboxylic acids is 1. The quantitative estimate of drug-likeness (QED) is 0.372. The number of hydrogen-bond donors (Lipinski definition) is 2. The predicted octanol–water partition coefficient (Wildman–Crippen LogP) is 4.21. The Morgan fingerprint density at radius 2 is 2.12 bits per heavy atom. The second-order valence-electron chi connectivity index (χ2n) is 7.80. The fourth-order valence-corrected chi connectivity index (χ4v) is 4.54. The van der Waals surface area contributed by atoms with Gasteiger partial charge in [-0.2, -0.15) is 5.10 Å². The summed E-state index contributed by atoms with van der Waals surface area (Å²) >= 11 is 0. The largest absolute Gasteiger partial charge is 0.508 e. The molecule has 2 aromatic carbocycles. The molecular weight excluding hydrogens is 409 g/mol. The molecule has 0 amide bonds. The Kier molecular flexibility index (Phi) is 4.70. The van der Waals surface area contributed by atoms with E-state index in [2.05, 4.69) is 16.5 Å². The maximum atomic E-state index is 14.0. The molecular formula is C24H20FN5O2. The highest BCUT2D eigenvalue weighted by atomic mass is 19.1. The van der Waals surface area contributed by atoms with Crippen molar-refractivity contribution in [1.82, 2.24) is 19.7 Å². The van der Waals surface area contributed by atoms with Crippen LogP contribution in [-0.4, -0.2) is 30.6 Å². The zero-order valence-corrected chi connectivity index (χ0v) is 17.1. The summed E-state index contributed by atoms with van der Waals surface area (Å²) in [5.41, 5.74) is 10.0. The predicted molar refractivity (Wildman–Crippen MR) is 119 cm³/mol. The molecule has 160 valence electrons. The van der Waals surface area contributed by atoms with Crippen LogP contribution >= 0.6 is 0 Å². The van der Waals surface area contributed by atoms with Crippen LogP contribution < -0.4 is 5.73 Å². The number of phenols is 1. The van der Waals surface area contributed by atoms with Gasteiger partial charge in [0.1, 0.15) is 29.4 Å². The summed E-state index contributed by atoms with van der Waals surface area (Å²) in [4.78, 5) is 20.9. The number of hydrogen-bond acceptors (Lipinski definition) is 6. The normalized spacial score (nSPS) is 15.5. The molecule has 2 heterocycles. The molecule has 1 atom stereocenters. The minimum Gasteiger partial charge on any atom is -0.508 e. The summed E-state index contributed by atoms with van der Waals surface area (Å²) in [6, 6.07) is 9.21. The van der Waals surface area contributed by atoms with Crippen molar-refractivity contribution < 1.29 is 14.3 Å². The van der Waals surface area contributed by atoms with Gasteiger partial charge in [-0.25, -0.2) is 19.0 Å². The van der Waals surface area contributed by atoms with Gasteiger partial charge in [-0.3, -0.25) is 4.79 Å². The van der Waals surface area contributed by atoms with E-state index in [9.17, 15) is 14.3 Å². The summed E-state index contributed by atoms with van der Waals surface area (Å²) in [5.74, 6) is -0.704. The first-order valence-corrected chi connectivity index (χ1v) is 10.2. The minimum absolute atomic E-state index is 0.115. The lowest BCUT2D eigenvalue weighted by atomic mass is 9.84. The number of nitrogen functional groups attached to an aromatic ring is 1. The van der Waals surface area contributed by atoms with Crippen molar-refractivity contribution in [2.75, 3.05) is 5.73 Å². The van der Waals surface area contributed by atoms with Crippen LogP contribution in [0.3, 0.4) is 0 Å². The van der Waals surface area contributed by atoms with Crippen LogP contribution in [0.5, 0.6) is 5.75 Å². The van der Waals surface area contributed by atoms with Crippen molar-refractivity contribution in [2.45, 2.75) is 25.3 Å². The first-order chi connectivity index (χ1) is 15.5. The van der Waals surface area contributed by atoms with E-state index < -0.39 is 5.82 Å². The van der Waals surface area contributed by atoms with Gasteiger partial charge in [-0.1, -0.05) is 24.8 Å². The van der Waals surface area contributed by atoms with Gasteiger partial charge >= 0.3 is 0 Å². The van der Waals surface area contributed by atoms with Gasteiger partial charge in [0, 0.05) is 17.2 Å². The minimum atomic E-state index is -0.589. The molecule has 7 nitrogen and oxygen atoms in total. The lowest BCUT2D eigenvalue weighted by Crippen LogP contribution is -2.20. The monoisotopic (exact) mass is 429 g/mol. The molecule has 1 aliphatic carbocycles. The fourth-order valence-electron chi connectivity index (χ4n) is 4.54. The molecule has 3 N–H and O–H groups in total. The number of halogens is 1. The Balaban J connectivity index is 1.75. The van der Waals surface area contributed by atoms with Crippen LogP contribution in [0, 0.1) is 5.82 Å². The molecule has 0 spiro atoms.